The summed E-state index contributed by atoms with van der Waals surface area (Å²) >= 11 is 5.41. The van der Waals surface area contributed by atoms with Crippen LogP contribution in [0.15, 0.2) is 83.3 Å². The van der Waals surface area contributed by atoms with Crippen molar-refractivity contribution in [3.63, 3.8) is 0 Å². The molecule has 3 aromatic rings. The number of Topliss-reactive ketones (excluding diaryl/α,β-unsaturated/α-hetero) is 2. The molecule has 0 bridgehead atoms. The van der Waals surface area contributed by atoms with E-state index in [0.29, 0.717) is 5.56 Å². The number of hydrogen-bond acceptors (Lipinski definition) is 11. The van der Waals surface area contributed by atoms with Gasteiger partial charge in [0.2, 0.25) is 5.78 Å². The molecule has 0 saturated heterocycles. The van der Waals surface area contributed by atoms with Crippen LogP contribution in [0.5, 0.6) is 5.75 Å². The number of amides is 2. The number of alkyl carbamates (subject to hydrolysis) is 1. The Bertz CT molecular complexity index is 2100. The van der Waals surface area contributed by atoms with Crippen molar-refractivity contribution in [2.45, 2.75) is 30.4 Å². The molecule has 3 aromatic carbocycles. The van der Waals surface area contributed by atoms with Gasteiger partial charge in [-0.25, -0.2) is 4.79 Å². The summed E-state index contributed by atoms with van der Waals surface area (Å²) in [4.78, 5) is 54.1. The van der Waals surface area contributed by atoms with Crippen LogP contribution in [0.1, 0.15) is 39.4 Å². The van der Waals surface area contributed by atoms with Gasteiger partial charge in [-0.1, -0.05) is 48.5 Å². The number of fused-ring (bicyclic) bond motifs is 6. The van der Waals surface area contributed by atoms with Crippen LogP contribution in [0.3, 0.4) is 0 Å². The van der Waals surface area contributed by atoms with Gasteiger partial charge in [-0.3, -0.25) is 24.6 Å². The first-order valence-corrected chi connectivity index (χ1v) is 16.6. The summed E-state index contributed by atoms with van der Waals surface area (Å²) in [5.41, 5.74) is 6.11. The average Bonchev–Trinajstić information content (AvgIpc) is 3.40. The van der Waals surface area contributed by atoms with Crippen molar-refractivity contribution in [3.05, 3.63) is 106 Å². The first-order chi connectivity index (χ1) is 24.2. The Morgan fingerprint density at radius 1 is 1.00 bits per heavy atom. The van der Waals surface area contributed by atoms with Crippen molar-refractivity contribution in [1.29, 1.82) is 0 Å². The molecule has 0 aromatic heterocycles. The molecule has 8 N–H and O–H groups in total. The van der Waals surface area contributed by atoms with Crippen LogP contribution in [0, 0.1) is 11.8 Å². The Kier molecular flexibility index (Phi) is 8.20. The molecule has 4 aliphatic carbocycles. The van der Waals surface area contributed by atoms with Crippen molar-refractivity contribution in [3.8, 4) is 16.9 Å². The summed E-state index contributed by atoms with van der Waals surface area (Å²) in [5, 5.41) is 50.3. The molecule has 262 valence electrons. The van der Waals surface area contributed by atoms with Crippen LogP contribution < -0.4 is 16.4 Å². The summed E-state index contributed by atoms with van der Waals surface area (Å²) < 4.78 is 5.59. The fourth-order valence-corrected chi connectivity index (χ4v) is 8.44. The Hall–Kier alpha value is -5.57. The van der Waals surface area contributed by atoms with Gasteiger partial charge in [-0.2, -0.15) is 0 Å². The fourth-order valence-electron chi connectivity index (χ4n) is 8.25. The highest BCUT2D eigenvalue weighted by atomic mass is 32.1. The molecule has 13 nitrogen and oxygen atoms in total. The molecule has 0 spiro atoms. The maximum absolute atomic E-state index is 14.0. The molecule has 4 atom stereocenters. The van der Waals surface area contributed by atoms with E-state index in [9.17, 15) is 39.6 Å². The van der Waals surface area contributed by atoms with Crippen LogP contribution in [0.25, 0.3) is 11.1 Å². The molecule has 4 aliphatic rings. The number of nitrogens with two attached hydrogens (primary N) is 1. The maximum Gasteiger partial charge on any atom is 0.413 e. The number of nitrogens with zero attached hydrogens (tertiary/aromatic N) is 1. The fraction of sp³-hybridized carbons (Fsp3) is 0.270. The summed E-state index contributed by atoms with van der Waals surface area (Å²) in [6.45, 7) is 0.0570. The van der Waals surface area contributed by atoms with E-state index in [1.54, 1.807) is 14.1 Å². The summed E-state index contributed by atoms with van der Waals surface area (Å²) in [5.74, 6) is -7.65. The number of aliphatic hydroxyl groups is 3. The van der Waals surface area contributed by atoms with E-state index in [0.717, 1.165) is 22.3 Å². The third-order valence-electron chi connectivity index (χ3n) is 10.4. The predicted octanol–water partition coefficient (Wildman–Crippen LogP) is 3.36. The maximum atomic E-state index is 14.0. The van der Waals surface area contributed by atoms with Crippen molar-refractivity contribution < 1.29 is 44.3 Å². The van der Waals surface area contributed by atoms with Gasteiger partial charge in [0, 0.05) is 23.1 Å². The molecule has 0 radical (unpaired) electrons. The van der Waals surface area contributed by atoms with Crippen LogP contribution in [0.2, 0.25) is 0 Å². The van der Waals surface area contributed by atoms with Gasteiger partial charge >= 0.3 is 6.09 Å². The zero-order valence-corrected chi connectivity index (χ0v) is 28.3. The molecule has 0 fully saturated rings. The van der Waals surface area contributed by atoms with Crippen molar-refractivity contribution in [2.75, 3.05) is 26.0 Å². The first kappa shape index (κ1) is 33.9. The van der Waals surface area contributed by atoms with E-state index in [4.69, 9.17) is 22.7 Å². The lowest BCUT2D eigenvalue weighted by atomic mass is 9.58. The number of allylic oxidation sites excluding steroid dienone is 1. The number of anilines is 1. The Morgan fingerprint density at radius 3 is 2.24 bits per heavy atom. The van der Waals surface area contributed by atoms with Crippen LogP contribution in [0.4, 0.5) is 10.5 Å². The van der Waals surface area contributed by atoms with E-state index in [1.807, 2.05) is 48.5 Å². The molecule has 0 aliphatic heterocycles. The van der Waals surface area contributed by atoms with Gasteiger partial charge in [0.15, 0.2) is 16.5 Å². The highest BCUT2D eigenvalue weighted by Crippen LogP contribution is 2.53. The van der Waals surface area contributed by atoms with E-state index >= 15 is 0 Å². The average molecular weight is 711 g/mol. The van der Waals surface area contributed by atoms with E-state index in [1.165, 1.54) is 17.0 Å². The predicted molar refractivity (Wildman–Crippen MR) is 188 cm³/mol. The van der Waals surface area contributed by atoms with Gasteiger partial charge in [0.25, 0.3) is 5.91 Å². The third kappa shape index (κ3) is 5.17. The largest absolute Gasteiger partial charge is 0.510 e. The minimum absolute atomic E-state index is 0.0266. The molecule has 14 heteroatoms. The van der Waals surface area contributed by atoms with Gasteiger partial charge in [-0.05, 0) is 85.0 Å². The second-order valence-electron chi connectivity index (χ2n) is 13.4. The minimum atomic E-state index is -2.75. The van der Waals surface area contributed by atoms with Crippen LogP contribution >= 0.6 is 12.2 Å². The van der Waals surface area contributed by atoms with Gasteiger partial charge in [0.1, 0.15) is 29.4 Å². The van der Waals surface area contributed by atoms with Crippen molar-refractivity contribution in [1.82, 2.24) is 10.2 Å². The molecule has 0 saturated carbocycles. The van der Waals surface area contributed by atoms with E-state index in [2.05, 4.69) is 10.6 Å². The van der Waals surface area contributed by atoms with Gasteiger partial charge in [0.05, 0.1) is 11.6 Å². The molecule has 0 heterocycles. The van der Waals surface area contributed by atoms with Gasteiger partial charge < -0.3 is 36.2 Å². The lowest BCUT2D eigenvalue weighted by molar-refractivity contribution is -0.148. The number of aliphatic hydroxyl groups excluding tert-OH is 2. The number of ketones is 2. The smallest absolute Gasteiger partial charge is 0.413 e. The SMILES string of the molecule is CN(C)[C@@H]1C(O)=C(C(N)=O)C(=O)[C@@]2(O)C(O)=C3C(=O)c4c(O)ccc(NC(=S)NC(=O)OCC5c6ccccc6-c6ccccc65)c4CC3CC12. The number of phenolic OH excluding ortho intramolecular Hbond substituents is 1. The second kappa shape index (κ2) is 12.3. The molecule has 7 rings (SSSR count). The number of carbonyl (C=O) groups is 4. The first-order valence-electron chi connectivity index (χ1n) is 16.2. The number of hydrogen-bond donors (Lipinski definition) is 7. The lowest BCUT2D eigenvalue weighted by Crippen LogP contribution is -2.63. The number of nitrogens with one attached hydrogen (secondary N) is 2. The number of rotatable bonds is 5. The number of aromatic hydroxyl groups is 1. The second-order valence-corrected chi connectivity index (χ2v) is 13.8. The molecular weight excluding hydrogens is 676 g/mol. The molecule has 2 unspecified atom stereocenters. The monoisotopic (exact) mass is 710 g/mol. The van der Waals surface area contributed by atoms with E-state index in [-0.39, 0.29) is 47.3 Å². The van der Waals surface area contributed by atoms with Crippen molar-refractivity contribution in [2.24, 2.45) is 17.6 Å². The number of primary amides is 1. The highest BCUT2D eigenvalue weighted by molar-refractivity contribution is 7.80. The third-order valence-corrected chi connectivity index (χ3v) is 10.6. The highest BCUT2D eigenvalue weighted by Gasteiger charge is 2.63. The number of likely N-dealkylation sites (N-methyl/N-ethyl adjacent to an activating group) is 1. The summed E-state index contributed by atoms with van der Waals surface area (Å²) in [7, 11) is 3.11. The van der Waals surface area contributed by atoms with Crippen LogP contribution in [-0.2, 0) is 20.7 Å². The van der Waals surface area contributed by atoms with Gasteiger partial charge in [-0.15, -0.1) is 0 Å². The zero-order chi connectivity index (χ0) is 36.5. The topological polar surface area (TPSA) is 212 Å². The number of ether oxygens (including phenoxy) is 1. The Labute approximate surface area is 297 Å². The number of phenols is 1. The molecule has 51 heavy (non-hydrogen) atoms. The quantitative estimate of drug-likeness (QED) is 0.115. The normalized spacial score (nSPS) is 23.6. The minimum Gasteiger partial charge on any atom is -0.510 e. The summed E-state index contributed by atoms with van der Waals surface area (Å²) in [6, 6.07) is 17.4. The standard InChI is InChI=1S/C37H34N4O9S/c1-41(2)29-23-14-16-13-21-24(11-12-25(42)27(21)30(43)26(16)32(45)37(23,49)33(46)28(31(29)44)34(38)47)39-35(51)40-36(48)50-15-22-19-9-5-3-7-17(19)18-8-4-6-10-20(18)22/h3-12,16,22-23,29,42,44-45,49H,13-15H2,1-2H3,(H2,38,47)(H2,39,40,48,51)/t16?,23?,29-,37-/m0/s1. The number of carbonyl (C=O) groups excluding carboxylic acids is 4. The zero-order valence-electron chi connectivity index (χ0n) is 27.5. The van der Waals surface area contributed by atoms with Crippen LogP contribution in [-0.4, -0.2) is 86.4 Å². The van der Waals surface area contributed by atoms with Crippen molar-refractivity contribution >= 4 is 46.6 Å². The molecule has 2 amide bonds. The summed E-state index contributed by atoms with van der Waals surface area (Å²) in [6.07, 6.45) is -0.859. The lowest BCUT2D eigenvalue weighted by Gasteiger charge is -2.50. The van der Waals surface area contributed by atoms with E-state index < -0.39 is 69.9 Å². The Balaban J connectivity index is 1.12. The molecular formula is C37H34N4O9S. The Morgan fingerprint density at radius 2 is 1.63 bits per heavy atom. The number of thiocarbonyl (C=S) groups is 1. The number of benzene rings is 3.